The molecule has 8 nitrogen and oxygen atoms in total. The number of hydrogen-bond donors (Lipinski definition) is 3. The summed E-state index contributed by atoms with van der Waals surface area (Å²) in [7, 11) is 0. The Labute approximate surface area is 235 Å². The predicted octanol–water partition coefficient (Wildman–Crippen LogP) is 6.65. The average molecular weight is 590 g/mol. The number of rotatable bonds is 9. The number of fused-ring (bicyclic) bond motifs is 2. The average Bonchev–Trinajstić information content (AvgIpc) is 3.53. The molecule has 0 aliphatic rings. The number of nitrogens with zero attached hydrogens (tertiary/aromatic N) is 3. The molecule has 5 rings (SSSR count). The zero-order valence-corrected chi connectivity index (χ0v) is 22.6. The van der Waals surface area contributed by atoms with Crippen LogP contribution in [0.15, 0.2) is 66.4 Å². The van der Waals surface area contributed by atoms with Gasteiger partial charge in [-0.3, -0.25) is 4.79 Å². The van der Waals surface area contributed by atoms with Crippen LogP contribution in [-0.4, -0.2) is 43.9 Å². The largest absolute Gasteiger partial charge is 0.455 e. The second kappa shape index (κ2) is 11.0. The SMILES string of the molecule is CC(O)(CC(=O)NCCn1ccc2ncnc(Nc3ccc(Oc4cccc5sccc45)c(Cl)c3)c21)C(F)(F)F. The van der Waals surface area contributed by atoms with Gasteiger partial charge in [0.15, 0.2) is 11.4 Å². The molecule has 13 heteroatoms. The number of thiophene rings is 1. The first-order valence-corrected chi connectivity index (χ1v) is 13.3. The van der Waals surface area contributed by atoms with Crippen molar-refractivity contribution < 1.29 is 27.8 Å². The first kappa shape index (κ1) is 27.7. The Morgan fingerprint density at radius 1 is 1.15 bits per heavy atom. The predicted molar refractivity (Wildman–Crippen MR) is 148 cm³/mol. The van der Waals surface area contributed by atoms with E-state index in [2.05, 4.69) is 20.6 Å². The van der Waals surface area contributed by atoms with Gasteiger partial charge in [-0.15, -0.1) is 11.3 Å². The summed E-state index contributed by atoms with van der Waals surface area (Å²) in [6, 6.07) is 14.8. The second-order valence-electron chi connectivity index (χ2n) is 9.22. The third-order valence-electron chi connectivity index (χ3n) is 6.21. The van der Waals surface area contributed by atoms with Crippen molar-refractivity contribution in [3.8, 4) is 11.5 Å². The van der Waals surface area contributed by atoms with E-state index in [0.29, 0.717) is 46.0 Å². The molecule has 1 amide bonds. The van der Waals surface area contributed by atoms with Gasteiger partial charge >= 0.3 is 6.18 Å². The molecular formula is C27H23ClF3N5O3S. The van der Waals surface area contributed by atoms with Gasteiger partial charge in [0.05, 0.1) is 17.0 Å². The topological polar surface area (TPSA) is 101 Å². The third kappa shape index (κ3) is 5.83. The zero-order valence-electron chi connectivity index (χ0n) is 21.0. The van der Waals surface area contributed by atoms with Gasteiger partial charge in [0.25, 0.3) is 0 Å². The Balaban J connectivity index is 1.28. The minimum absolute atomic E-state index is 0.0274. The van der Waals surface area contributed by atoms with Gasteiger partial charge in [0, 0.05) is 35.1 Å². The Kier molecular flexibility index (Phi) is 7.58. The number of ether oxygens (including phenoxy) is 1. The van der Waals surface area contributed by atoms with Gasteiger partial charge in [-0.25, -0.2) is 9.97 Å². The number of nitrogens with one attached hydrogen (secondary N) is 2. The highest BCUT2D eigenvalue weighted by molar-refractivity contribution is 7.17. The van der Waals surface area contributed by atoms with Crippen molar-refractivity contribution in [1.82, 2.24) is 19.9 Å². The van der Waals surface area contributed by atoms with E-state index in [-0.39, 0.29) is 13.1 Å². The van der Waals surface area contributed by atoms with Crippen molar-refractivity contribution in [3.63, 3.8) is 0 Å². The molecule has 3 aromatic heterocycles. The fourth-order valence-electron chi connectivity index (χ4n) is 4.07. The molecule has 0 aliphatic heterocycles. The van der Waals surface area contributed by atoms with Gasteiger partial charge in [-0.2, -0.15) is 13.2 Å². The maximum Gasteiger partial charge on any atom is 0.417 e. The van der Waals surface area contributed by atoms with Gasteiger partial charge in [-0.05, 0) is 54.8 Å². The fourth-order valence-corrected chi connectivity index (χ4v) is 5.10. The number of benzene rings is 2. The van der Waals surface area contributed by atoms with Crippen molar-refractivity contribution in [1.29, 1.82) is 0 Å². The van der Waals surface area contributed by atoms with Crippen molar-refractivity contribution >= 4 is 61.5 Å². The van der Waals surface area contributed by atoms with E-state index in [1.165, 1.54) is 6.33 Å². The van der Waals surface area contributed by atoms with Crippen LogP contribution in [0.3, 0.4) is 0 Å². The van der Waals surface area contributed by atoms with E-state index in [1.54, 1.807) is 46.4 Å². The maximum absolute atomic E-state index is 12.9. The molecule has 1 unspecified atom stereocenters. The summed E-state index contributed by atoms with van der Waals surface area (Å²) < 4.78 is 47.5. The first-order chi connectivity index (χ1) is 19.0. The monoisotopic (exact) mass is 589 g/mol. The van der Waals surface area contributed by atoms with Crippen LogP contribution in [0.25, 0.3) is 21.1 Å². The summed E-state index contributed by atoms with van der Waals surface area (Å²) in [6.45, 7) is 0.822. The molecule has 1 atom stereocenters. The Bertz CT molecular complexity index is 1690. The first-order valence-electron chi connectivity index (χ1n) is 12.1. The molecule has 0 aliphatic carbocycles. The fraction of sp³-hybridized carbons (Fsp3) is 0.222. The van der Waals surface area contributed by atoms with E-state index in [4.69, 9.17) is 16.3 Å². The Morgan fingerprint density at radius 3 is 2.75 bits per heavy atom. The van der Waals surface area contributed by atoms with E-state index in [9.17, 15) is 23.1 Å². The van der Waals surface area contributed by atoms with E-state index >= 15 is 0 Å². The summed E-state index contributed by atoms with van der Waals surface area (Å²) >= 11 is 8.17. The van der Waals surface area contributed by atoms with Crippen molar-refractivity contribution in [2.75, 3.05) is 11.9 Å². The minimum Gasteiger partial charge on any atom is -0.455 e. The van der Waals surface area contributed by atoms with Crippen molar-refractivity contribution in [2.45, 2.75) is 31.7 Å². The van der Waals surface area contributed by atoms with Crippen LogP contribution in [-0.2, 0) is 11.3 Å². The number of halogens is 4. The van der Waals surface area contributed by atoms with E-state index in [1.807, 2.05) is 29.6 Å². The third-order valence-corrected chi connectivity index (χ3v) is 7.39. The molecule has 0 saturated heterocycles. The van der Waals surface area contributed by atoms with Crippen LogP contribution in [0.4, 0.5) is 24.7 Å². The van der Waals surface area contributed by atoms with Gasteiger partial charge in [0.2, 0.25) is 5.91 Å². The number of amides is 1. The molecule has 208 valence electrons. The Morgan fingerprint density at radius 2 is 1.98 bits per heavy atom. The Hall–Kier alpha value is -3.87. The lowest BCUT2D eigenvalue weighted by molar-refractivity contribution is -0.253. The number of carbonyl (C=O) groups is 1. The molecule has 0 radical (unpaired) electrons. The number of aromatic nitrogens is 3. The summed E-state index contributed by atoms with van der Waals surface area (Å²) in [4.78, 5) is 20.6. The highest BCUT2D eigenvalue weighted by Gasteiger charge is 2.50. The van der Waals surface area contributed by atoms with Crippen LogP contribution < -0.4 is 15.4 Å². The molecule has 0 fully saturated rings. The van der Waals surface area contributed by atoms with Crippen molar-refractivity contribution in [3.05, 3.63) is 71.5 Å². The van der Waals surface area contributed by atoms with E-state index in [0.717, 1.165) is 10.1 Å². The number of aliphatic hydroxyl groups is 1. The van der Waals surface area contributed by atoms with Gasteiger partial charge in [0.1, 0.15) is 23.3 Å². The van der Waals surface area contributed by atoms with Crippen LogP contribution >= 0.6 is 22.9 Å². The lowest BCUT2D eigenvalue weighted by Gasteiger charge is -2.25. The molecule has 5 aromatic rings. The summed E-state index contributed by atoms with van der Waals surface area (Å²) in [5, 5.41) is 18.5. The van der Waals surface area contributed by atoms with Crippen molar-refractivity contribution in [2.24, 2.45) is 0 Å². The van der Waals surface area contributed by atoms with Crippen LogP contribution in [0.1, 0.15) is 13.3 Å². The number of anilines is 2. The molecule has 0 saturated carbocycles. The highest BCUT2D eigenvalue weighted by atomic mass is 35.5. The zero-order chi connectivity index (χ0) is 28.5. The van der Waals surface area contributed by atoms with Crippen LogP contribution in [0.5, 0.6) is 11.5 Å². The van der Waals surface area contributed by atoms with Crippen LogP contribution in [0, 0.1) is 0 Å². The lowest BCUT2D eigenvalue weighted by atomic mass is 10.0. The minimum atomic E-state index is -4.91. The number of hydrogen-bond acceptors (Lipinski definition) is 7. The van der Waals surface area contributed by atoms with Crippen LogP contribution in [0.2, 0.25) is 5.02 Å². The second-order valence-corrected chi connectivity index (χ2v) is 10.6. The summed E-state index contributed by atoms with van der Waals surface area (Å²) in [5.74, 6) is 0.739. The van der Waals surface area contributed by atoms with E-state index < -0.39 is 24.1 Å². The highest BCUT2D eigenvalue weighted by Crippen LogP contribution is 2.37. The molecule has 0 bridgehead atoms. The standard InChI is InChI=1S/C27H23ClF3N5O3S/c1-26(38,27(29,30)31)14-23(37)32-9-11-36-10-7-19-24(36)25(34-15-33-19)35-16-5-6-21(18(28)13-16)39-20-3-2-4-22-17(20)8-12-40-22/h2-8,10,12-13,15,38H,9,11,14H2,1H3,(H,32,37)(H,33,34,35). The molecule has 3 N–H and O–H groups in total. The van der Waals surface area contributed by atoms with Gasteiger partial charge in [-0.1, -0.05) is 17.7 Å². The smallest absolute Gasteiger partial charge is 0.417 e. The quantitative estimate of drug-likeness (QED) is 0.178. The summed E-state index contributed by atoms with van der Waals surface area (Å²) in [6.07, 6.45) is -2.88. The molecule has 0 spiro atoms. The molecule has 3 heterocycles. The van der Waals surface area contributed by atoms with Gasteiger partial charge < -0.3 is 25.0 Å². The number of alkyl halides is 3. The molecule has 40 heavy (non-hydrogen) atoms. The lowest BCUT2D eigenvalue weighted by Crippen LogP contribution is -2.46. The molecular weight excluding hydrogens is 567 g/mol. The normalized spacial score (nSPS) is 13.3. The molecule has 2 aromatic carbocycles. The number of carbonyl (C=O) groups excluding carboxylic acids is 1. The summed E-state index contributed by atoms with van der Waals surface area (Å²) in [5.41, 5.74) is -1.22. The maximum atomic E-state index is 12.9.